The van der Waals surface area contributed by atoms with Crippen LogP contribution in [-0.2, 0) is 9.67 Å². The van der Waals surface area contributed by atoms with Crippen molar-refractivity contribution in [1.82, 2.24) is 5.01 Å². The predicted octanol–water partition coefficient (Wildman–Crippen LogP) is 4.09. The number of nitrogens with zero attached hydrogens (tertiary/aromatic N) is 2. The number of fused-ring (bicyclic) bond motifs is 2. The highest BCUT2D eigenvalue weighted by molar-refractivity contribution is 8.15. The number of carbonyl (C=O) groups excluding carboxylic acids is 1. The van der Waals surface area contributed by atoms with Crippen molar-refractivity contribution in [2.75, 3.05) is 13.2 Å². The fourth-order valence-corrected chi connectivity index (χ4v) is 5.52. The molecule has 0 unspecified atom stereocenters. The predicted molar refractivity (Wildman–Crippen MR) is 109 cm³/mol. The first-order valence-corrected chi connectivity index (χ1v) is 10.2. The van der Waals surface area contributed by atoms with Crippen LogP contribution in [0.5, 0.6) is 5.75 Å². The quantitative estimate of drug-likeness (QED) is 0.785. The van der Waals surface area contributed by atoms with Crippen molar-refractivity contribution >= 4 is 34.3 Å². The number of halogens is 3. The molecule has 0 aromatic heterocycles. The molecule has 152 valence electrons. The van der Waals surface area contributed by atoms with Crippen LogP contribution in [0.4, 0.5) is 8.78 Å². The molecule has 29 heavy (non-hydrogen) atoms. The number of rotatable bonds is 3. The van der Waals surface area contributed by atoms with E-state index in [-0.39, 0.29) is 22.4 Å². The Kier molecular flexibility index (Phi) is 5.27. The highest BCUT2D eigenvalue weighted by Gasteiger charge is 2.56. The van der Waals surface area contributed by atoms with Crippen LogP contribution in [0.25, 0.3) is 0 Å². The number of hydrogen-bond acceptors (Lipinski definition) is 5. The second-order valence-electron chi connectivity index (χ2n) is 6.88. The van der Waals surface area contributed by atoms with Crippen molar-refractivity contribution in [3.05, 3.63) is 64.2 Å². The molecule has 0 bridgehead atoms. The number of ether oxygens (including phenoxy) is 1. The Balaban J connectivity index is 1.91. The third-order valence-corrected chi connectivity index (χ3v) is 6.82. The normalized spacial score (nSPS) is 23.0. The van der Waals surface area contributed by atoms with Crippen molar-refractivity contribution < 1.29 is 18.3 Å². The van der Waals surface area contributed by atoms with Crippen LogP contribution in [0.3, 0.4) is 0 Å². The summed E-state index contributed by atoms with van der Waals surface area (Å²) in [5.74, 6) is -1.21. The topological polar surface area (TPSA) is 67.9 Å². The van der Waals surface area contributed by atoms with Crippen molar-refractivity contribution in [3.63, 3.8) is 0 Å². The van der Waals surface area contributed by atoms with Crippen molar-refractivity contribution in [3.8, 4) is 5.75 Å². The standard InChI is InChI=1S/C20H18ClF2N3O2S/c1-11(27)26-20(29-19(25-26)15-9-14(22)3-4-17(15)23)12(6-7-24)10-28-18-5-2-13(21)8-16(18)20/h2-5,8-9,12H,6-7,10,24H2,1H3/t12-,20-/m1/s1. The minimum Gasteiger partial charge on any atom is -0.493 e. The minimum atomic E-state index is -1.02. The van der Waals surface area contributed by atoms with Gasteiger partial charge < -0.3 is 10.5 Å². The monoisotopic (exact) mass is 437 g/mol. The highest BCUT2D eigenvalue weighted by Crippen LogP contribution is 2.57. The van der Waals surface area contributed by atoms with Gasteiger partial charge in [-0.15, -0.1) is 0 Å². The lowest BCUT2D eigenvalue weighted by atomic mass is 9.86. The molecule has 0 radical (unpaired) electrons. The maximum Gasteiger partial charge on any atom is 0.241 e. The van der Waals surface area contributed by atoms with E-state index in [2.05, 4.69) is 5.10 Å². The van der Waals surface area contributed by atoms with Crippen LogP contribution in [0.15, 0.2) is 41.5 Å². The molecule has 2 heterocycles. The van der Waals surface area contributed by atoms with Gasteiger partial charge >= 0.3 is 0 Å². The number of carbonyl (C=O) groups is 1. The van der Waals surface area contributed by atoms with E-state index >= 15 is 0 Å². The van der Waals surface area contributed by atoms with E-state index < -0.39 is 16.5 Å². The molecule has 2 aromatic rings. The summed E-state index contributed by atoms with van der Waals surface area (Å²) in [4.78, 5) is 11.6. The lowest BCUT2D eigenvalue weighted by molar-refractivity contribution is -0.134. The zero-order valence-corrected chi connectivity index (χ0v) is 17.1. The molecule has 5 nitrogen and oxygen atoms in total. The fourth-order valence-electron chi connectivity index (χ4n) is 3.79. The molecule has 0 saturated carbocycles. The van der Waals surface area contributed by atoms with E-state index in [4.69, 9.17) is 22.1 Å². The van der Waals surface area contributed by atoms with Gasteiger partial charge in [0.15, 0.2) is 4.87 Å². The van der Waals surface area contributed by atoms with Gasteiger partial charge in [-0.05, 0) is 49.4 Å². The molecule has 2 N–H and O–H groups in total. The molecule has 2 aliphatic rings. The Labute approximate surface area is 175 Å². The van der Waals surface area contributed by atoms with Crippen LogP contribution in [0.1, 0.15) is 24.5 Å². The number of hydrazone groups is 1. The van der Waals surface area contributed by atoms with E-state index in [0.717, 1.165) is 18.2 Å². The first-order valence-electron chi connectivity index (χ1n) is 9.03. The molecule has 2 aromatic carbocycles. The van der Waals surface area contributed by atoms with Gasteiger partial charge in [0.2, 0.25) is 5.91 Å². The number of benzene rings is 2. The van der Waals surface area contributed by atoms with Crippen LogP contribution in [0.2, 0.25) is 5.02 Å². The summed E-state index contributed by atoms with van der Waals surface area (Å²) in [6, 6.07) is 8.32. The van der Waals surface area contributed by atoms with Gasteiger partial charge in [0.05, 0.1) is 6.61 Å². The van der Waals surface area contributed by atoms with Gasteiger partial charge in [0.1, 0.15) is 22.4 Å². The fraction of sp³-hybridized carbons (Fsp3) is 0.300. The average molecular weight is 438 g/mol. The Morgan fingerprint density at radius 1 is 1.38 bits per heavy atom. The summed E-state index contributed by atoms with van der Waals surface area (Å²) in [5, 5.41) is 6.43. The zero-order chi connectivity index (χ0) is 20.8. The van der Waals surface area contributed by atoms with Crippen LogP contribution in [-0.4, -0.2) is 29.1 Å². The second-order valence-corrected chi connectivity index (χ2v) is 8.53. The van der Waals surface area contributed by atoms with Crippen LogP contribution in [0, 0.1) is 17.6 Å². The molecule has 1 amide bonds. The molecular formula is C20H18ClF2N3O2S. The smallest absolute Gasteiger partial charge is 0.241 e. The number of hydrogen-bond donors (Lipinski definition) is 1. The van der Waals surface area contributed by atoms with Crippen LogP contribution < -0.4 is 10.5 Å². The minimum absolute atomic E-state index is 0.000284. The van der Waals surface area contributed by atoms with E-state index in [0.29, 0.717) is 35.9 Å². The van der Waals surface area contributed by atoms with Crippen molar-refractivity contribution in [2.24, 2.45) is 16.8 Å². The Bertz CT molecular complexity index is 1020. The molecule has 4 rings (SSSR count). The van der Waals surface area contributed by atoms with Gasteiger partial charge in [-0.1, -0.05) is 23.4 Å². The van der Waals surface area contributed by atoms with Gasteiger partial charge in [0.25, 0.3) is 0 Å². The lowest BCUT2D eigenvalue weighted by Crippen LogP contribution is -2.51. The molecule has 1 spiro atoms. The number of amides is 1. The van der Waals surface area contributed by atoms with E-state index in [1.165, 1.54) is 23.7 Å². The SMILES string of the molecule is CC(=O)N1N=C(c2cc(F)ccc2F)S[C@]12c1cc(Cl)ccc1OC[C@H]2CCN. The second kappa shape index (κ2) is 7.59. The third kappa shape index (κ3) is 3.29. The first-order chi connectivity index (χ1) is 13.9. The lowest BCUT2D eigenvalue weighted by Gasteiger charge is -2.45. The molecule has 0 fully saturated rings. The van der Waals surface area contributed by atoms with E-state index in [1.54, 1.807) is 18.2 Å². The van der Waals surface area contributed by atoms with Crippen molar-refractivity contribution in [1.29, 1.82) is 0 Å². The van der Waals surface area contributed by atoms with Crippen LogP contribution >= 0.6 is 23.4 Å². The largest absolute Gasteiger partial charge is 0.493 e. The average Bonchev–Trinajstić information content (AvgIpc) is 3.08. The van der Waals surface area contributed by atoms with Gasteiger partial charge in [0, 0.05) is 29.0 Å². The van der Waals surface area contributed by atoms with Gasteiger partial charge in [-0.3, -0.25) is 4.79 Å². The Morgan fingerprint density at radius 3 is 2.90 bits per heavy atom. The summed E-state index contributed by atoms with van der Waals surface area (Å²) < 4.78 is 34.2. The first kappa shape index (κ1) is 20.1. The summed E-state index contributed by atoms with van der Waals surface area (Å²) in [7, 11) is 0. The molecule has 0 saturated heterocycles. The molecule has 9 heteroatoms. The maximum atomic E-state index is 14.5. The number of nitrogens with two attached hydrogens (primary N) is 1. The Morgan fingerprint density at radius 2 is 2.17 bits per heavy atom. The zero-order valence-electron chi connectivity index (χ0n) is 15.5. The highest BCUT2D eigenvalue weighted by atomic mass is 35.5. The third-order valence-electron chi connectivity index (χ3n) is 5.05. The molecule has 2 atom stereocenters. The number of thioether (sulfide) groups is 1. The van der Waals surface area contributed by atoms with Gasteiger partial charge in [-0.25, -0.2) is 13.8 Å². The summed E-state index contributed by atoms with van der Waals surface area (Å²) in [6.07, 6.45) is 0.539. The molecule has 2 aliphatic heterocycles. The Hall–Kier alpha value is -2.16. The van der Waals surface area contributed by atoms with E-state index in [9.17, 15) is 13.6 Å². The summed E-state index contributed by atoms with van der Waals surface area (Å²) >= 11 is 7.45. The maximum absolute atomic E-state index is 14.5. The van der Waals surface area contributed by atoms with Gasteiger partial charge in [-0.2, -0.15) is 5.10 Å². The summed E-state index contributed by atoms with van der Waals surface area (Å²) in [6.45, 7) is 2.05. The molecular weight excluding hydrogens is 420 g/mol. The van der Waals surface area contributed by atoms with Crippen molar-refractivity contribution in [2.45, 2.75) is 18.2 Å². The molecule has 0 aliphatic carbocycles. The van der Waals surface area contributed by atoms with E-state index in [1.807, 2.05) is 0 Å². The summed E-state index contributed by atoms with van der Waals surface area (Å²) in [5.41, 5.74) is 6.49.